The van der Waals surface area contributed by atoms with Crippen molar-refractivity contribution in [3.8, 4) is 17.4 Å². The molecule has 0 spiro atoms. The molecule has 182 valence electrons. The Kier molecular flexibility index (Phi) is 6.17. The summed E-state index contributed by atoms with van der Waals surface area (Å²) in [7, 11) is -2.84. The van der Waals surface area contributed by atoms with Gasteiger partial charge >= 0.3 is 7.32 Å². The van der Waals surface area contributed by atoms with Crippen LogP contribution < -0.4 is 14.0 Å². The summed E-state index contributed by atoms with van der Waals surface area (Å²) in [6.07, 6.45) is 0. The van der Waals surface area contributed by atoms with Crippen LogP contribution in [0.4, 0.5) is 43.9 Å². The molecule has 15 heteroatoms. The molecule has 35 heavy (non-hydrogen) atoms. The van der Waals surface area contributed by atoms with Gasteiger partial charge in [-0.25, -0.2) is 26.3 Å². The van der Waals surface area contributed by atoms with Crippen LogP contribution in [0.3, 0.4) is 0 Å². The van der Waals surface area contributed by atoms with Crippen molar-refractivity contribution in [2.24, 2.45) is 0 Å². The van der Waals surface area contributed by atoms with E-state index in [0.717, 1.165) is 0 Å². The highest BCUT2D eigenvalue weighted by molar-refractivity contribution is 6.39. The van der Waals surface area contributed by atoms with Gasteiger partial charge in [-0.1, -0.05) is 18.2 Å². The van der Waals surface area contributed by atoms with Crippen molar-refractivity contribution in [1.82, 2.24) is 4.98 Å². The van der Waals surface area contributed by atoms with E-state index < -0.39 is 82.9 Å². The van der Waals surface area contributed by atoms with E-state index in [1.54, 1.807) is 12.1 Å². The normalized spacial score (nSPS) is 11.1. The molecule has 4 rings (SSSR count). The largest absolute Gasteiger partial charge is 0.865 e. The zero-order valence-corrected chi connectivity index (χ0v) is 16.5. The van der Waals surface area contributed by atoms with Crippen LogP contribution in [-0.2, 0) is 0 Å². The van der Waals surface area contributed by atoms with Crippen molar-refractivity contribution >= 4 is 18.2 Å². The first-order chi connectivity index (χ1) is 16.5. The van der Waals surface area contributed by atoms with Gasteiger partial charge in [-0.2, -0.15) is 17.6 Å². The maximum absolute atomic E-state index is 14.1. The van der Waals surface area contributed by atoms with Gasteiger partial charge in [-0.3, -0.25) is 0 Å². The number of fused-ring (bicyclic) bond motifs is 1. The van der Waals surface area contributed by atoms with Crippen LogP contribution in [0.2, 0.25) is 0 Å². The molecular weight excluding hydrogens is 503 g/mol. The van der Waals surface area contributed by atoms with Crippen molar-refractivity contribution in [2.45, 2.75) is 0 Å². The van der Waals surface area contributed by atoms with Crippen molar-refractivity contribution in [3.63, 3.8) is 0 Å². The summed E-state index contributed by atoms with van der Waals surface area (Å²) in [5, 5.41) is 0.439. The molecule has 1 heterocycles. The molecule has 0 atom stereocenters. The quantitative estimate of drug-likeness (QED) is 0.148. The monoisotopic (exact) mass is 509 g/mol. The summed E-state index contributed by atoms with van der Waals surface area (Å²) in [6, 6.07) is 7.37. The third kappa shape index (κ3) is 4.17. The van der Waals surface area contributed by atoms with Crippen LogP contribution in [0.25, 0.3) is 10.9 Å². The zero-order valence-electron chi connectivity index (χ0n) is 16.5. The van der Waals surface area contributed by atoms with Crippen LogP contribution in [0.5, 0.6) is 17.4 Å². The van der Waals surface area contributed by atoms with Gasteiger partial charge in [-0.05, 0) is 6.07 Å². The predicted molar refractivity (Wildman–Crippen MR) is 98.4 cm³/mol. The Balaban J connectivity index is 1.79. The molecule has 0 saturated heterocycles. The van der Waals surface area contributed by atoms with Crippen LogP contribution in [0, 0.1) is 58.2 Å². The Morgan fingerprint density at radius 2 is 0.914 bits per heavy atom. The molecule has 0 bridgehead atoms. The Hall–Kier alpha value is -4.04. The second-order valence-corrected chi connectivity index (χ2v) is 6.66. The molecule has 3 aromatic carbocycles. The second-order valence-electron chi connectivity index (χ2n) is 6.66. The molecule has 1 aromatic heterocycles. The zero-order chi connectivity index (χ0) is 25.6. The van der Waals surface area contributed by atoms with Crippen LogP contribution in [0.15, 0.2) is 30.3 Å². The van der Waals surface area contributed by atoms with Gasteiger partial charge in [-0.15, -0.1) is 0 Å². The molecule has 0 amide bonds. The first kappa shape index (κ1) is 24.1. The highest BCUT2D eigenvalue weighted by Crippen LogP contribution is 2.33. The van der Waals surface area contributed by atoms with Gasteiger partial charge in [0.05, 0.1) is 0 Å². The van der Waals surface area contributed by atoms with E-state index in [0.29, 0.717) is 10.9 Å². The Morgan fingerprint density at radius 3 is 1.34 bits per heavy atom. The van der Waals surface area contributed by atoms with Gasteiger partial charge < -0.3 is 18.9 Å². The highest BCUT2D eigenvalue weighted by atomic mass is 19.2. The predicted octanol–water partition coefficient (Wildman–Crippen LogP) is 6.08. The lowest BCUT2D eigenvalue weighted by molar-refractivity contribution is 0.258. The number of rotatable bonds is 6. The average molecular weight is 509 g/mol. The molecule has 0 saturated carbocycles. The topological polar surface area (TPSA) is 43.5 Å². The first-order valence-corrected chi connectivity index (χ1v) is 9.11. The summed E-state index contributed by atoms with van der Waals surface area (Å²) >= 11 is 0. The molecular formula is C20H6BF10NO3. The van der Waals surface area contributed by atoms with Gasteiger partial charge in [0, 0.05) is 17.0 Å². The Bertz CT molecular complexity index is 1300. The van der Waals surface area contributed by atoms with Gasteiger partial charge in [0.15, 0.2) is 17.4 Å². The number of aromatic nitrogens is 1. The van der Waals surface area contributed by atoms with Crippen molar-refractivity contribution in [2.75, 3.05) is 0 Å². The fourth-order valence-corrected chi connectivity index (χ4v) is 2.85. The summed E-state index contributed by atoms with van der Waals surface area (Å²) in [4.78, 5) is 2.55. The fraction of sp³-hybridized carbons (Fsp3) is 0. The fourth-order valence-electron chi connectivity index (χ4n) is 2.85. The number of hydrogen-bond acceptors (Lipinski definition) is 3. The number of aromatic amines is 1. The molecule has 0 radical (unpaired) electrons. The van der Waals surface area contributed by atoms with Crippen molar-refractivity contribution in [3.05, 3.63) is 88.5 Å². The smallest absolute Gasteiger partial charge is 0.484 e. The first-order valence-electron chi connectivity index (χ1n) is 9.11. The van der Waals surface area contributed by atoms with Crippen LogP contribution >= 0.6 is 0 Å². The number of benzene rings is 3. The summed E-state index contributed by atoms with van der Waals surface area (Å²) in [5.74, 6) is -29.5. The lowest BCUT2D eigenvalue weighted by Crippen LogP contribution is -2.38. The third-order valence-corrected chi connectivity index (χ3v) is 4.50. The molecule has 4 nitrogen and oxygen atoms in total. The molecule has 0 aliphatic rings. The minimum Gasteiger partial charge on any atom is -0.484 e. The van der Waals surface area contributed by atoms with E-state index in [2.05, 4.69) is 14.3 Å². The van der Waals surface area contributed by atoms with Gasteiger partial charge in [0.25, 0.3) is 0 Å². The summed E-state index contributed by atoms with van der Waals surface area (Å²) in [6.45, 7) is 0. The Labute approximate surface area is 187 Å². The van der Waals surface area contributed by atoms with E-state index in [1.165, 1.54) is 18.2 Å². The standard InChI is InChI=1S/C20H6BF10NO3/c22-9-11(24)15(28)19(16(29)12(9)25)34-21(33-8-5-6-3-1-2-4-7(6)32-8)35-20-17(30)13(26)10(23)14(27)18(20)31/h1-5,32H. The minimum atomic E-state index is -2.84. The number of para-hydroxylation sites is 1. The number of H-pyrrole nitrogens is 1. The average Bonchev–Trinajstić information content (AvgIpc) is 3.26. The maximum atomic E-state index is 14.1. The third-order valence-electron chi connectivity index (χ3n) is 4.50. The van der Waals surface area contributed by atoms with Crippen LogP contribution in [0.1, 0.15) is 0 Å². The molecule has 0 aliphatic heterocycles. The highest BCUT2D eigenvalue weighted by Gasteiger charge is 2.40. The Morgan fingerprint density at radius 1 is 0.514 bits per heavy atom. The summed E-state index contributed by atoms with van der Waals surface area (Å²) < 4.78 is 151. The van der Waals surface area contributed by atoms with Crippen LogP contribution in [-0.4, -0.2) is 12.3 Å². The van der Waals surface area contributed by atoms with Crippen molar-refractivity contribution in [1.29, 1.82) is 0 Å². The van der Waals surface area contributed by atoms with E-state index in [1.807, 2.05) is 0 Å². The van der Waals surface area contributed by atoms with E-state index in [-0.39, 0.29) is 0 Å². The maximum Gasteiger partial charge on any atom is 0.865 e. The minimum absolute atomic E-state index is 0.369. The molecule has 0 aliphatic carbocycles. The van der Waals surface area contributed by atoms with Crippen molar-refractivity contribution < 1.29 is 57.9 Å². The lowest BCUT2D eigenvalue weighted by Gasteiger charge is -2.18. The van der Waals surface area contributed by atoms with E-state index >= 15 is 0 Å². The molecule has 1 N–H and O–H groups in total. The number of hydrogen-bond donors (Lipinski definition) is 1. The second kappa shape index (κ2) is 8.96. The van der Waals surface area contributed by atoms with E-state index in [9.17, 15) is 43.9 Å². The molecule has 0 unspecified atom stereocenters. The lowest BCUT2D eigenvalue weighted by atomic mass is 10.1. The SMILES string of the molecule is Fc1c(F)c(F)c(OB(Oc2cc3ccccc3[nH]2)Oc2c(F)c(F)c(F)c(F)c2F)c(F)c1F. The summed E-state index contributed by atoms with van der Waals surface area (Å²) in [5.41, 5.74) is 0.369. The van der Waals surface area contributed by atoms with Gasteiger partial charge in [0.1, 0.15) is 0 Å². The number of halogens is 10. The number of nitrogens with one attached hydrogen (secondary N) is 1. The van der Waals surface area contributed by atoms with Gasteiger partial charge in [0.2, 0.25) is 58.2 Å². The van der Waals surface area contributed by atoms with E-state index in [4.69, 9.17) is 4.65 Å². The molecule has 4 aromatic rings. The molecule has 0 fully saturated rings.